The Morgan fingerprint density at radius 1 is 0.905 bits per heavy atom. The first kappa shape index (κ1) is 15.4. The number of anilines is 1. The van der Waals surface area contributed by atoms with Gasteiger partial charge in [0.2, 0.25) is 0 Å². The Kier molecular flexibility index (Phi) is 4.23. The first-order valence-corrected chi connectivity index (χ1v) is 6.47. The molecule has 2 aromatic carbocycles. The molecular formula is C16H16F3NO. The lowest BCUT2D eigenvalue weighted by molar-refractivity contribution is -0.138. The molecule has 0 fully saturated rings. The summed E-state index contributed by atoms with van der Waals surface area (Å²) in [5, 5.41) is 12.6. The number of rotatable bonds is 4. The van der Waals surface area contributed by atoms with Crippen LogP contribution in [0.2, 0.25) is 0 Å². The lowest BCUT2D eigenvalue weighted by atomic mass is 9.88. The van der Waals surface area contributed by atoms with Gasteiger partial charge in [-0.2, -0.15) is 13.2 Å². The number of aliphatic hydroxyl groups is 1. The molecule has 2 nitrogen and oxygen atoms in total. The third-order valence-electron chi connectivity index (χ3n) is 3.34. The highest BCUT2D eigenvalue weighted by molar-refractivity contribution is 5.49. The molecule has 0 aromatic heterocycles. The van der Waals surface area contributed by atoms with E-state index in [1.807, 2.05) is 6.07 Å². The van der Waals surface area contributed by atoms with Gasteiger partial charge in [-0.15, -0.1) is 0 Å². The van der Waals surface area contributed by atoms with E-state index in [1.54, 1.807) is 31.2 Å². The molecule has 1 unspecified atom stereocenters. The predicted octanol–water partition coefficient (Wildman–Crippen LogP) is 4.03. The predicted molar refractivity (Wildman–Crippen MR) is 75.9 cm³/mol. The second-order valence-corrected chi connectivity index (χ2v) is 5.02. The van der Waals surface area contributed by atoms with Crippen molar-refractivity contribution < 1.29 is 18.3 Å². The molecule has 0 aliphatic heterocycles. The van der Waals surface area contributed by atoms with Gasteiger partial charge in [0, 0.05) is 5.69 Å². The normalized spacial score (nSPS) is 14.5. The van der Waals surface area contributed by atoms with Gasteiger partial charge in [-0.05, 0) is 30.7 Å². The van der Waals surface area contributed by atoms with Gasteiger partial charge in [0.1, 0.15) is 0 Å². The van der Waals surface area contributed by atoms with Crippen LogP contribution < -0.4 is 5.32 Å². The maximum atomic E-state index is 13.1. The van der Waals surface area contributed by atoms with Crippen LogP contribution >= 0.6 is 0 Å². The molecule has 0 aliphatic carbocycles. The van der Waals surface area contributed by atoms with Crippen LogP contribution in [0.1, 0.15) is 18.1 Å². The van der Waals surface area contributed by atoms with Crippen molar-refractivity contribution in [1.29, 1.82) is 0 Å². The SMILES string of the molecule is CC(CO)(Nc1ccccc1)c1ccccc1C(F)(F)F. The first-order valence-electron chi connectivity index (χ1n) is 6.47. The zero-order chi connectivity index (χ0) is 15.5. The van der Waals surface area contributed by atoms with Crippen LogP contribution in [0.3, 0.4) is 0 Å². The molecule has 1 atom stereocenters. The van der Waals surface area contributed by atoms with Crippen LogP contribution in [0.5, 0.6) is 0 Å². The number of alkyl halides is 3. The molecule has 112 valence electrons. The standard InChI is InChI=1S/C16H16F3NO/c1-15(11-21,20-12-7-3-2-4-8-12)13-9-5-6-10-14(13)16(17,18)19/h2-10,20-21H,11H2,1H3. The summed E-state index contributed by atoms with van der Waals surface area (Å²) in [6.45, 7) is 1.08. The Balaban J connectivity index is 2.46. The van der Waals surface area contributed by atoms with Crippen molar-refractivity contribution in [2.24, 2.45) is 0 Å². The highest BCUT2D eigenvalue weighted by atomic mass is 19.4. The maximum Gasteiger partial charge on any atom is 0.416 e. The van der Waals surface area contributed by atoms with Crippen molar-refractivity contribution in [3.05, 3.63) is 65.7 Å². The van der Waals surface area contributed by atoms with Crippen molar-refractivity contribution in [3.8, 4) is 0 Å². The Morgan fingerprint density at radius 2 is 1.43 bits per heavy atom. The van der Waals surface area contributed by atoms with Gasteiger partial charge in [0.25, 0.3) is 0 Å². The van der Waals surface area contributed by atoms with Crippen LogP contribution in [-0.4, -0.2) is 11.7 Å². The van der Waals surface area contributed by atoms with E-state index in [4.69, 9.17) is 0 Å². The summed E-state index contributed by atoms with van der Waals surface area (Å²) in [6, 6.07) is 14.1. The number of para-hydroxylation sites is 1. The van der Waals surface area contributed by atoms with Crippen LogP contribution in [0.4, 0.5) is 18.9 Å². The number of benzene rings is 2. The molecule has 2 N–H and O–H groups in total. The minimum Gasteiger partial charge on any atom is -0.394 e. The number of halogens is 3. The third-order valence-corrected chi connectivity index (χ3v) is 3.34. The van der Waals surface area contributed by atoms with E-state index in [2.05, 4.69) is 5.32 Å². The topological polar surface area (TPSA) is 32.3 Å². The number of aliphatic hydroxyl groups excluding tert-OH is 1. The molecule has 0 aliphatic rings. The zero-order valence-corrected chi connectivity index (χ0v) is 11.5. The fourth-order valence-electron chi connectivity index (χ4n) is 2.24. The largest absolute Gasteiger partial charge is 0.416 e. The van der Waals surface area contributed by atoms with E-state index in [-0.39, 0.29) is 5.56 Å². The zero-order valence-electron chi connectivity index (χ0n) is 11.5. The van der Waals surface area contributed by atoms with Gasteiger partial charge in [0.15, 0.2) is 0 Å². The van der Waals surface area contributed by atoms with E-state index in [1.165, 1.54) is 18.2 Å². The monoisotopic (exact) mass is 295 g/mol. The van der Waals surface area contributed by atoms with Crippen LogP contribution in [0.25, 0.3) is 0 Å². The summed E-state index contributed by atoms with van der Waals surface area (Å²) in [4.78, 5) is 0. The lowest BCUT2D eigenvalue weighted by Crippen LogP contribution is -2.37. The molecule has 0 bridgehead atoms. The average Bonchev–Trinajstić information content (AvgIpc) is 2.47. The van der Waals surface area contributed by atoms with Gasteiger partial charge in [-0.1, -0.05) is 36.4 Å². The minimum atomic E-state index is -4.47. The first-order chi connectivity index (χ1) is 9.87. The number of hydrogen-bond donors (Lipinski definition) is 2. The molecule has 5 heteroatoms. The second-order valence-electron chi connectivity index (χ2n) is 5.02. The molecule has 0 radical (unpaired) electrons. The molecule has 21 heavy (non-hydrogen) atoms. The fourth-order valence-corrected chi connectivity index (χ4v) is 2.24. The molecular weight excluding hydrogens is 279 g/mol. The minimum absolute atomic E-state index is 0.0175. The maximum absolute atomic E-state index is 13.1. The molecule has 0 saturated heterocycles. The summed E-state index contributed by atoms with van der Waals surface area (Å²) >= 11 is 0. The van der Waals surface area contributed by atoms with E-state index in [9.17, 15) is 18.3 Å². The Morgan fingerprint density at radius 3 is 1.95 bits per heavy atom. The lowest BCUT2D eigenvalue weighted by Gasteiger charge is -2.32. The van der Waals surface area contributed by atoms with Crippen LogP contribution in [0, 0.1) is 0 Å². The van der Waals surface area contributed by atoms with Crippen molar-refractivity contribution in [2.45, 2.75) is 18.6 Å². The second kappa shape index (κ2) is 5.77. The molecule has 0 amide bonds. The molecule has 0 spiro atoms. The van der Waals surface area contributed by atoms with E-state index < -0.39 is 23.9 Å². The average molecular weight is 295 g/mol. The van der Waals surface area contributed by atoms with E-state index >= 15 is 0 Å². The van der Waals surface area contributed by atoms with Crippen molar-refractivity contribution in [2.75, 3.05) is 11.9 Å². The third kappa shape index (κ3) is 3.36. The van der Waals surface area contributed by atoms with Gasteiger partial charge >= 0.3 is 6.18 Å². The number of nitrogens with one attached hydrogen (secondary N) is 1. The number of hydrogen-bond acceptors (Lipinski definition) is 2. The highest BCUT2D eigenvalue weighted by Gasteiger charge is 2.39. The summed E-state index contributed by atoms with van der Waals surface area (Å²) in [5.74, 6) is 0. The molecule has 2 rings (SSSR count). The summed E-state index contributed by atoms with van der Waals surface area (Å²) in [5.41, 5.74) is -1.31. The quantitative estimate of drug-likeness (QED) is 0.892. The Hall–Kier alpha value is -2.01. The smallest absolute Gasteiger partial charge is 0.394 e. The molecule has 0 saturated carbocycles. The molecule has 0 heterocycles. The summed E-state index contributed by atoms with van der Waals surface area (Å²) in [7, 11) is 0. The van der Waals surface area contributed by atoms with Crippen LogP contribution in [0.15, 0.2) is 54.6 Å². The van der Waals surface area contributed by atoms with Crippen molar-refractivity contribution in [1.82, 2.24) is 0 Å². The van der Waals surface area contributed by atoms with Gasteiger partial charge < -0.3 is 10.4 Å². The van der Waals surface area contributed by atoms with Gasteiger partial charge in [-0.3, -0.25) is 0 Å². The van der Waals surface area contributed by atoms with Crippen molar-refractivity contribution >= 4 is 5.69 Å². The summed E-state index contributed by atoms with van der Waals surface area (Å²) in [6.07, 6.45) is -4.47. The van der Waals surface area contributed by atoms with E-state index in [0.717, 1.165) is 6.07 Å². The van der Waals surface area contributed by atoms with Gasteiger partial charge in [0.05, 0.1) is 17.7 Å². The Bertz CT molecular complexity index is 598. The van der Waals surface area contributed by atoms with Gasteiger partial charge in [-0.25, -0.2) is 0 Å². The van der Waals surface area contributed by atoms with Crippen LogP contribution in [-0.2, 0) is 11.7 Å². The highest BCUT2D eigenvalue weighted by Crippen LogP contribution is 2.37. The van der Waals surface area contributed by atoms with E-state index in [0.29, 0.717) is 5.69 Å². The molecule has 2 aromatic rings. The summed E-state index contributed by atoms with van der Waals surface area (Å²) < 4.78 is 39.4. The fraction of sp³-hybridized carbons (Fsp3) is 0.250. The van der Waals surface area contributed by atoms with Crippen molar-refractivity contribution in [3.63, 3.8) is 0 Å². The Labute approximate surface area is 121 Å².